The Labute approximate surface area is 159 Å². The van der Waals surface area contributed by atoms with Crippen LogP contribution < -0.4 is 5.32 Å². The standard InChI is InChI=1S/C21H25N5O/c1-16-9-11-26-20(24-16)19(13-23-26)21(27)22-12-18-8-5-10-25(15-18)14-17-6-3-2-4-7-17/h2-4,6-7,9,11,13,18H,5,8,10,12,14-15H2,1H3,(H,22,27). The molecule has 1 aliphatic rings. The molecule has 1 unspecified atom stereocenters. The molecule has 1 fully saturated rings. The molecule has 1 amide bonds. The number of hydrogen-bond acceptors (Lipinski definition) is 4. The van der Waals surface area contributed by atoms with Crippen LogP contribution in [0.5, 0.6) is 0 Å². The van der Waals surface area contributed by atoms with Gasteiger partial charge in [-0.25, -0.2) is 9.50 Å². The van der Waals surface area contributed by atoms with E-state index in [2.05, 4.69) is 50.6 Å². The summed E-state index contributed by atoms with van der Waals surface area (Å²) in [5.74, 6) is 0.381. The van der Waals surface area contributed by atoms with Gasteiger partial charge >= 0.3 is 0 Å². The summed E-state index contributed by atoms with van der Waals surface area (Å²) in [5, 5.41) is 7.31. The van der Waals surface area contributed by atoms with E-state index in [1.165, 1.54) is 12.0 Å². The van der Waals surface area contributed by atoms with Gasteiger partial charge in [-0.15, -0.1) is 0 Å². The number of rotatable bonds is 5. The minimum atomic E-state index is -0.0942. The van der Waals surface area contributed by atoms with Crippen molar-refractivity contribution in [2.75, 3.05) is 19.6 Å². The second-order valence-corrected chi connectivity index (χ2v) is 7.33. The van der Waals surface area contributed by atoms with Gasteiger partial charge in [-0.2, -0.15) is 5.10 Å². The van der Waals surface area contributed by atoms with Crippen LogP contribution in [0.2, 0.25) is 0 Å². The van der Waals surface area contributed by atoms with E-state index in [1.54, 1.807) is 10.7 Å². The van der Waals surface area contributed by atoms with Gasteiger partial charge in [0.2, 0.25) is 0 Å². The first-order valence-electron chi connectivity index (χ1n) is 9.54. The van der Waals surface area contributed by atoms with Crippen LogP contribution >= 0.6 is 0 Å². The molecule has 1 saturated heterocycles. The maximum atomic E-state index is 12.6. The van der Waals surface area contributed by atoms with E-state index in [0.717, 1.165) is 31.7 Å². The molecule has 140 valence electrons. The number of aromatic nitrogens is 3. The van der Waals surface area contributed by atoms with Gasteiger partial charge in [0, 0.05) is 31.5 Å². The molecule has 0 spiro atoms. The minimum Gasteiger partial charge on any atom is -0.352 e. The number of likely N-dealkylation sites (tertiary alicyclic amines) is 1. The van der Waals surface area contributed by atoms with Gasteiger partial charge in [0.1, 0.15) is 5.56 Å². The lowest BCUT2D eigenvalue weighted by Gasteiger charge is -2.32. The molecule has 6 nitrogen and oxygen atoms in total. The first kappa shape index (κ1) is 17.7. The number of nitrogens with one attached hydrogen (secondary N) is 1. The summed E-state index contributed by atoms with van der Waals surface area (Å²) in [6, 6.07) is 12.4. The van der Waals surface area contributed by atoms with Crippen LogP contribution in [-0.2, 0) is 6.54 Å². The summed E-state index contributed by atoms with van der Waals surface area (Å²) in [6.07, 6.45) is 5.75. The quantitative estimate of drug-likeness (QED) is 0.757. The lowest BCUT2D eigenvalue weighted by Crippen LogP contribution is -2.40. The zero-order valence-electron chi connectivity index (χ0n) is 15.6. The van der Waals surface area contributed by atoms with Crippen molar-refractivity contribution in [3.63, 3.8) is 0 Å². The van der Waals surface area contributed by atoms with Crippen LogP contribution in [-0.4, -0.2) is 45.0 Å². The van der Waals surface area contributed by atoms with E-state index < -0.39 is 0 Å². The maximum Gasteiger partial charge on any atom is 0.256 e. The van der Waals surface area contributed by atoms with Crippen LogP contribution in [0.1, 0.15) is 34.5 Å². The number of carbonyl (C=O) groups excluding carboxylic acids is 1. The van der Waals surface area contributed by atoms with Gasteiger partial charge in [0.25, 0.3) is 5.91 Å². The highest BCUT2D eigenvalue weighted by Crippen LogP contribution is 2.18. The Morgan fingerprint density at radius 3 is 2.96 bits per heavy atom. The Bertz CT molecular complexity index is 921. The summed E-state index contributed by atoms with van der Waals surface area (Å²) < 4.78 is 1.64. The lowest BCUT2D eigenvalue weighted by molar-refractivity contribution is 0.0932. The van der Waals surface area contributed by atoms with E-state index >= 15 is 0 Å². The Morgan fingerprint density at radius 1 is 1.26 bits per heavy atom. The van der Waals surface area contributed by atoms with Gasteiger partial charge < -0.3 is 5.32 Å². The zero-order chi connectivity index (χ0) is 18.6. The summed E-state index contributed by atoms with van der Waals surface area (Å²) in [7, 11) is 0. The van der Waals surface area contributed by atoms with E-state index in [-0.39, 0.29) is 5.91 Å². The molecular formula is C21H25N5O. The fourth-order valence-electron chi connectivity index (χ4n) is 3.75. The van der Waals surface area contributed by atoms with Crippen molar-refractivity contribution in [2.24, 2.45) is 5.92 Å². The predicted molar refractivity (Wildman–Crippen MR) is 105 cm³/mol. The van der Waals surface area contributed by atoms with Gasteiger partial charge in [0.05, 0.1) is 6.20 Å². The van der Waals surface area contributed by atoms with E-state index in [0.29, 0.717) is 23.7 Å². The molecule has 0 bridgehead atoms. The third kappa shape index (κ3) is 4.17. The van der Waals surface area contributed by atoms with Crippen LogP contribution in [0.15, 0.2) is 48.8 Å². The van der Waals surface area contributed by atoms with Crippen molar-refractivity contribution >= 4 is 11.6 Å². The second-order valence-electron chi connectivity index (χ2n) is 7.33. The van der Waals surface area contributed by atoms with Crippen molar-refractivity contribution in [3.8, 4) is 0 Å². The van der Waals surface area contributed by atoms with Crippen molar-refractivity contribution in [1.29, 1.82) is 0 Å². The summed E-state index contributed by atoms with van der Waals surface area (Å²) in [5.41, 5.74) is 3.37. The Kier molecular flexibility index (Phi) is 5.16. The Morgan fingerprint density at radius 2 is 2.11 bits per heavy atom. The number of piperidine rings is 1. The maximum absolute atomic E-state index is 12.6. The first-order valence-corrected chi connectivity index (χ1v) is 9.54. The third-order valence-electron chi connectivity index (χ3n) is 5.16. The van der Waals surface area contributed by atoms with Crippen LogP contribution in [0.4, 0.5) is 0 Å². The van der Waals surface area contributed by atoms with Gasteiger partial charge in [-0.3, -0.25) is 9.69 Å². The Hall–Kier alpha value is -2.73. The molecule has 0 aliphatic carbocycles. The fraction of sp³-hybridized carbons (Fsp3) is 0.381. The molecular weight excluding hydrogens is 338 g/mol. The number of hydrogen-bond donors (Lipinski definition) is 1. The fourth-order valence-corrected chi connectivity index (χ4v) is 3.75. The molecule has 27 heavy (non-hydrogen) atoms. The van der Waals surface area contributed by atoms with Crippen LogP contribution in [0, 0.1) is 12.8 Å². The molecule has 1 N–H and O–H groups in total. The third-order valence-corrected chi connectivity index (χ3v) is 5.16. The smallest absolute Gasteiger partial charge is 0.256 e. The predicted octanol–water partition coefficient (Wildman–Crippen LogP) is 2.68. The molecule has 1 aliphatic heterocycles. The zero-order valence-corrected chi connectivity index (χ0v) is 15.6. The van der Waals surface area contributed by atoms with Gasteiger partial charge in [-0.05, 0) is 43.9 Å². The lowest BCUT2D eigenvalue weighted by atomic mass is 9.97. The number of amides is 1. The summed E-state index contributed by atoms with van der Waals surface area (Å²) in [6.45, 7) is 5.71. The minimum absolute atomic E-state index is 0.0942. The molecule has 0 radical (unpaired) electrons. The topological polar surface area (TPSA) is 62.5 Å². The first-order chi connectivity index (χ1) is 13.2. The van der Waals surface area contributed by atoms with Gasteiger partial charge in [0.15, 0.2) is 5.65 Å². The molecule has 1 atom stereocenters. The highest BCUT2D eigenvalue weighted by atomic mass is 16.1. The van der Waals surface area contributed by atoms with Crippen molar-refractivity contribution < 1.29 is 4.79 Å². The molecule has 4 rings (SSSR count). The van der Waals surface area contributed by atoms with E-state index in [4.69, 9.17) is 0 Å². The average molecular weight is 363 g/mol. The Balaban J connectivity index is 1.35. The van der Waals surface area contributed by atoms with Crippen molar-refractivity contribution in [3.05, 3.63) is 65.6 Å². The SMILES string of the molecule is Cc1ccn2ncc(C(=O)NCC3CCCN(Cc4ccccc4)C3)c2n1. The normalized spacial score (nSPS) is 17.9. The van der Waals surface area contributed by atoms with Crippen LogP contribution in [0.3, 0.4) is 0 Å². The average Bonchev–Trinajstić information content (AvgIpc) is 3.10. The monoisotopic (exact) mass is 363 g/mol. The van der Waals surface area contributed by atoms with Crippen molar-refractivity contribution in [2.45, 2.75) is 26.3 Å². The molecule has 0 saturated carbocycles. The van der Waals surface area contributed by atoms with E-state index in [9.17, 15) is 4.79 Å². The van der Waals surface area contributed by atoms with Gasteiger partial charge in [-0.1, -0.05) is 30.3 Å². The number of fused-ring (bicyclic) bond motifs is 1. The van der Waals surface area contributed by atoms with Crippen LogP contribution in [0.25, 0.3) is 5.65 Å². The highest BCUT2D eigenvalue weighted by Gasteiger charge is 2.21. The van der Waals surface area contributed by atoms with Crippen molar-refractivity contribution in [1.82, 2.24) is 24.8 Å². The largest absolute Gasteiger partial charge is 0.352 e. The molecule has 3 aromatic rings. The molecule has 3 heterocycles. The molecule has 2 aromatic heterocycles. The number of nitrogens with zero attached hydrogens (tertiary/aromatic N) is 4. The number of aryl methyl sites for hydroxylation is 1. The summed E-state index contributed by atoms with van der Waals surface area (Å²) in [4.78, 5) is 19.6. The molecule has 1 aromatic carbocycles. The number of benzene rings is 1. The summed E-state index contributed by atoms with van der Waals surface area (Å²) >= 11 is 0. The number of carbonyl (C=O) groups is 1. The highest BCUT2D eigenvalue weighted by molar-refractivity contribution is 5.99. The van der Waals surface area contributed by atoms with E-state index in [1.807, 2.05) is 19.2 Å². The molecule has 6 heteroatoms. The second kappa shape index (κ2) is 7.88.